The first kappa shape index (κ1) is 23.4. The van der Waals surface area contributed by atoms with Gasteiger partial charge in [-0.15, -0.1) is 0 Å². The van der Waals surface area contributed by atoms with Crippen molar-refractivity contribution in [3.8, 4) is 0 Å². The number of carbonyl (C=O) groups is 1. The molecule has 1 heterocycles. The van der Waals surface area contributed by atoms with Gasteiger partial charge < -0.3 is 5.32 Å². The molecule has 0 radical (unpaired) electrons. The number of aryl methyl sites for hydroxylation is 3. The van der Waals surface area contributed by atoms with Gasteiger partial charge >= 0.3 is 0 Å². The second kappa shape index (κ2) is 8.70. The summed E-state index contributed by atoms with van der Waals surface area (Å²) in [7, 11) is -7.57. The Morgan fingerprint density at radius 2 is 1.74 bits per heavy atom. The molecule has 1 saturated heterocycles. The molecule has 0 saturated carbocycles. The molecule has 8 nitrogen and oxygen atoms in total. The topological polar surface area (TPSA) is 127 Å². The highest BCUT2D eigenvalue weighted by molar-refractivity contribution is 7.89. The van der Waals surface area contributed by atoms with Crippen molar-refractivity contribution in [1.82, 2.24) is 4.31 Å². The summed E-state index contributed by atoms with van der Waals surface area (Å²) in [6.07, 6.45) is 0.985. The first-order chi connectivity index (χ1) is 14.4. The van der Waals surface area contributed by atoms with E-state index in [1.54, 1.807) is 32.0 Å². The van der Waals surface area contributed by atoms with Crippen LogP contribution in [0, 0.1) is 20.8 Å². The van der Waals surface area contributed by atoms with Crippen LogP contribution in [0.3, 0.4) is 0 Å². The van der Waals surface area contributed by atoms with Gasteiger partial charge in [0.05, 0.1) is 10.6 Å². The summed E-state index contributed by atoms with van der Waals surface area (Å²) >= 11 is 0. The lowest BCUT2D eigenvalue weighted by Crippen LogP contribution is -2.43. The third kappa shape index (κ3) is 5.32. The van der Waals surface area contributed by atoms with Gasteiger partial charge in [0.2, 0.25) is 26.0 Å². The molecule has 1 aliphatic rings. The van der Waals surface area contributed by atoms with Gasteiger partial charge in [-0.05, 0) is 62.4 Å². The number of nitrogens with zero attached hydrogens (tertiary/aromatic N) is 1. The Morgan fingerprint density at radius 3 is 2.35 bits per heavy atom. The van der Waals surface area contributed by atoms with Gasteiger partial charge in [-0.1, -0.05) is 29.8 Å². The molecule has 1 aliphatic heterocycles. The molecule has 0 spiro atoms. The zero-order chi connectivity index (χ0) is 23.0. The molecule has 1 atom stereocenters. The molecular weight excluding hydrogens is 438 g/mol. The molecule has 1 amide bonds. The van der Waals surface area contributed by atoms with E-state index in [-0.39, 0.29) is 17.2 Å². The van der Waals surface area contributed by atoms with Crippen LogP contribution >= 0.6 is 0 Å². The minimum Gasteiger partial charge on any atom is -0.325 e. The maximum absolute atomic E-state index is 13.4. The molecule has 0 bridgehead atoms. The van der Waals surface area contributed by atoms with Crippen molar-refractivity contribution in [2.75, 3.05) is 11.9 Å². The molecule has 31 heavy (non-hydrogen) atoms. The highest BCUT2D eigenvalue weighted by atomic mass is 32.2. The third-order valence-corrected chi connectivity index (χ3v) is 8.19. The van der Waals surface area contributed by atoms with E-state index < -0.39 is 32.0 Å². The van der Waals surface area contributed by atoms with Crippen LogP contribution in [0.25, 0.3) is 0 Å². The number of sulfonamides is 2. The summed E-state index contributed by atoms with van der Waals surface area (Å²) < 4.78 is 50.8. The summed E-state index contributed by atoms with van der Waals surface area (Å²) in [4.78, 5) is 13.2. The molecule has 10 heteroatoms. The molecule has 3 N–H and O–H groups in total. The summed E-state index contributed by atoms with van der Waals surface area (Å²) in [5.74, 6) is -0.802. The van der Waals surface area contributed by atoms with Crippen LogP contribution in [0.15, 0.2) is 41.3 Å². The van der Waals surface area contributed by atoms with Crippen LogP contribution in [0.5, 0.6) is 0 Å². The standard InChI is InChI=1S/C21H27N3O5S2/c1-14-10-15(2)20(16(3)11-14)31(28,29)24-9-5-8-19(24)21(25)23-18-7-4-6-17(12-18)13-30(22,26)27/h4,6-7,10-12,19H,5,8-9,13H2,1-3H3,(H,23,25)(H2,22,26,27). The average molecular weight is 466 g/mol. The van der Waals surface area contributed by atoms with Gasteiger partial charge in [0.15, 0.2) is 0 Å². The second-order valence-electron chi connectivity index (χ2n) is 8.00. The number of primary sulfonamides is 1. The van der Waals surface area contributed by atoms with Crippen molar-refractivity contribution in [2.45, 2.75) is 50.3 Å². The number of carbonyl (C=O) groups excluding carboxylic acids is 1. The number of nitrogens with one attached hydrogen (secondary N) is 1. The number of hydrogen-bond acceptors (Lipinski definition) is 5. The molecule has 168 valence electrons. The van der Waals surface area contributed by atoms with E-state index in [2.05, 4.69) is 5.32 Å². The Bertz CT molecular complexity index is 1200. The molecule has 0 aromatic heterocycles. The van der Waals surface area contributed by atoms with Crippen molar-refractivity contribution in [3.05, 3.63) is 58.7 Å². The summed E-state index contributed by atoms with van der Waals surface area (Å²) in [5, 5.41) is 7.81. The van der Waals surface area contributed by atoms with E-state index in [0.717, 1.165) is 5.56 Å². The lowest BCUT2D eigenvalue weighted by atomic mass is 10.1. The highest BCUT2D eigenvalue weighted by Crippen LogP contribution is 2.31. The van der Waals surface area contributed by atoms with Crippen LogP contribution in [-0.2, 0) is 30.6 Å². The number of rotatable bonds is 6. The molecule has 3 rings (SSSR count). The van der Waals surface area contributed by atoms with Gasteiger partial charge in [0.1, 0.15) is 6.04 Å². The van der Waals surface area contributed by atoms with Crippen molar-refractivity contribution < 1.29 is 21.6 Å². The van der Waals surface area contributed by atoms with E-state index in [9.17, 15) is 21.6 Å². The molecular formula is C21H27N3O5S2. The Kier molecular flexibility index (Phi) is 6.56. The first-order valence-electron chi connectivity index (χ1n) is 9.88. The van der Waals surface area contributed by atoms with E-state index in [0.29, 0.717) is 35.2 Å². The molecule has 2 aromatic rings. The smallest absolute Gasteiger partial charge is 0.244 e. The largest absolute Gasteiger partial charge is 0.325 e. The summed E-state index contributed by atoms with van der Waals surface area (Å²) in [6, 6.07) is 9.14. The predicted octanol–water partition coefficient (Wildman–Crippen LogP) is 2.19. The molecule has 2 aromatic carbocycles. The SMILES string of the molecule is Cc1cc(C)c(S(=O)(=O)N2CCCC2C(=O)Nc2cccc(CS(N)(=O)=O)c2)c(C)c1. The van der Waals surface area contributed by atoms with Crippen molar-refractivity contribution in [3.63, 3.8) is 0 Å². The lowest BCUT2D eigenvalue weighted by molar-refractivity contribution is -0.119. The zero-order valence-corrected chi connectivity index (χ0v) is 19.4. The van der Waals surface area contributed by atoms with Crippen molar-refractivity contribution in [2.24, 2.45) is 5.14 Å². The van der Waals surface area contributed by atoms with Crippen molar-refractivity contribution in [1.29, 1.82) is 0 Å². The molecule has 1 fully saturated rings. The lowest BCUT2D eigenvalue weighted by Gasteiger charge is -2.25. The van der Waals surface area contributed by atoms with Gasteiger partial charge in [-0.25, -0.2) is 22.0 Å². The van der Waals surface area contributed by atoms with Gasteiger partial charge in [0, 0.05) is 12.2 Å². The average Bonchev–Trinajstić information content (AvgIpc) is 3.10. The number of nitrogens with two attached hydrogens (primary N) is 1. The molecule has 1 unspecified atom stereocenters. The second-order valence-corrected chi connectivity index (χ2v) is 11.4. The Hall–Kier alpha value is -2.27. The number of hydrogen-bond donors (Lipinski definition) is 2. The van der Waals surface area contributed by atoms with Crippen LogP contribution in [0.1, 0.15) is 35.1 Å². The van der Waals surface area contributed by atoms with Gasteiger partial charge in [0.25, 0.3) is 0 Å². The fourth-order valence-electron chi connectivity index (χ4n) is 4.18. The predicted molar refractivity (Wildman–Crippen MR) is 119 cm³/mol. The zero-order valence-electron chi connectivity index (χ0n) is 17.8. The van der Waals surface area contributed by atoms with E-state index >= 15 is 0 Å². The van der Waals surface area contributed by atoms with Crippen LogP contribution in [-0.4, -0.2) is 39.6 Å². The Labute approximate surface area is 183 Å². The number of benzene rings is 2. The minimum absolute atomic E-state index is 0.243. The van der Waals surface area contributed by atoms with E-state index in [1.807, 2.05) is 19.1 Å². The fraction of sp³-hybridized carbons (Fsp3) is 0.381. The minimum atomic E-state index is -3.86. The normalized spacial score (nSPS) is 17.6. The summed E-state index contributed by atoms with van der Waals surface area (Å²) in [6.45, 7) is 5.69. The quantitative estimate of drug-likeness (QED) is 0.676. The maximum atomic E-state index is 13.4. The fourth-order valence-corrected chi connectivity index (χ4v) is 6.89. The Morgan fingerprint density at radius 1 is 1.10 bits per heavy atom. The highest BCUT2D eigenvalue weighted by Gasteiger charge is 2.40. The van der Waals surface area contributed by atoms with Gasteiger partial charge in [-0.3, -0.25) is 4.79 Å². The summed E-state index contributed by atoms with van der Waals surface area (Å²) in [5.41, 5.74) is 3.10. The van der Waals surface area contributed by atoms with E-state index in [1.165, 1.54) is 10.4 Å². The van der Waals surface area contributed by atoms with Crippen LogP contribution < -0.4 is 10.5 Å². The van der Waals surface area contributed by atoms with Crippen molar-refractivity contribution >= 4 is 31.6 Å². The maximum Gasteiger partial charge on any atom is 0.244 e. The van der Waals surface area contributed by atoms with Crippen LogP contribution in [0.2, 0.25) is 0 Å². The Balaban J connectivity index is 1.85. The third-order valence-electron chi connectivity index (χ3n) is 5.24. The molecule has 0 aliphatic carbocycles. The van der Waals surface area contributed by atoms with Crippen LogP contribution in [0.4, 0.5) is 5.69 Å². The van der Waals surface area contributed by atoms with E-state index in [4.69, 9.17) is 5.14 Å². The number of amides is 1. The number of anilines is 1. The monoisotopic (exact) mass is 465 g/mol. The first-order valence-corrected chi connectivity index (χ1v) is 13.0. The van der Waals surface area contributed by atoms with Gasteiger partial charge in [-0.2, -0.15) is 4.31 Å².